The van der Waals surface area contributed by atoms with E-state index in [1.54, 1.807) is 0 Å². The highest BCUT2D eigenvalue weighted by molar-refractivity contribution is 7.90. The fraction of sp³-hybridized carbons (Fsp3) is 0.650. The van der Waals surface area contributed by atoms with E-state index >= 15 is 0 Å². The number of unbranched alkanes of at least 4 members (excludes halogenated alkanes) is 4. The van der Waals surface area contributed by atoms with Crippen LogP contribution in [0.25, 0.3) is 0 Å². The van der Waals surface area contributed by atoms with Crippen molar-refractivity contribution in [3.63, 3.8) is 0 Å². The lowest BCUT2D eigenvalue weighted by molar-refractivity contribution is 0.256. The van der Waals surface area contributed by atoms with Gasteiger partial charge >= 0.3 is 6.03 Å². The molecule has 144 valence electrons. The fourth-order valence-electron chi connectivity index (χ4n) is 4.19. The van der Waals surface area contributed by atoms with E-state index in [-0.39, 0.29) is 5.75 Å². The minimum absolute atomic E-state index is 0.00907. The summed E-state index contributed by atoms with van der Waals surface area (Å²) in [5.41, 5.74) is 5.93. The molecular weight excluding hydrogens is 348 g/mol. The normalized spacial score (nSPS) is 15.6. The summed E-state index contributed by atoms with van der Waals surface area (Å²) < 4.78 is 26.5. The quantitative estimate of drug-likeness (QED) is 0.669. The van der Waals surface area contributed by atoms with Crippen LogP contribution >= 0.6 is 0 Å². The molecule has 0 radical (unpaired) electrons. The van der Waals surface area contributed by atoms with Gasteiger partial charge < -0.3 is 5.32 Å². The molecule has 0 fully saturated rings. The average Bonchev–Trinajstić information content (AvgIpc) is 3.22. The zero-order valence-electron chi connectivity index (χ0n) is 15.7. The molecule has 2 aliphatic carbocycles. The topological polar surface area (TPSA) is 75.3 Å². The lowest BCUT2D eigenvalue weighted by Gasteiger charge is -2.16. The first-order valence-electron chi connectivity index (χ1n) is 9.98. The van der Waals surface area contributed by atoms with E-state index in [9.17, 15) is 13.2 Å². The molecule has 2 amide bonds. The molecule has 2 N–H and O–H groups in total. The molecule has 0 aromatic heterocycles. The molecule has 6 heteroatoms. The fourth-order valence-corrected chi connectivity index (χ4v) is 5.21. The zero-order chi connectivity index (χ0) is 18.6. The number of rotatable bonds is 8. The van der Waals surface area contributed by atoms with Crippen LogP contribution in [-0.2, 0) is 35.7 Å². The zero-order valence-corrected chi connectivity index (χ0v) is 16.5. The van der Waals surface area contributed by atoms with Gasteiger partial charge in [-0.05, 0) is 67.2 Å². The first kappa shape index (κ1) is 19.2. The molecule has 1 aromatic carbocycles. The molecule has 0 bridgehead atoms. The molecular formula is C20H30N2O3S. The summed E-state index contributed by atoms with van der Waals surface area (Å²) in [4.78, 5) is 12.4. The molecule has 0 unspecified atom stereocenters. The number of anilines is 1. The molecule has 2 aliphatic rings. The lowest BCUT2D eigenvalue weighted by Crippen LogP contribution is -2.36. The van der Waals surface area contributed by atoms with E-state index in [1.807, 2.05) is 0 Å². The van der Waals surface area contributed by atoms with E-state index < -0.39 is 16.1 Å². The van der Waals surface area contributed by atoms with Gasteiger partial charge in [-0.1, -0.05) is 38.7 Å². The number of fused-ring (bicyclic) bond motifs is 2. The first-order chi connectivity index (χ1) is 12.5. The Bertz CT molecular complexity index is 740. The summed E-state index contributed by atoms with van der Waals surface area (Å²) in [7, 11) is -3.58. The predicted molar refractivity (Wildman–Crippen MR) is 105 cm³/mol. The van der Waals surface area contributed by atoms with Crippen molar-refractivity contribution in [3.05, 3.63) is 28.3 Å². The SMILES string of the molecule is CCCCCCCS(=O)(=O)NC(=O)Nc1c2c(cc3c1CCC3)CCC2. The van der Waals surface area contributed by atoms with Crippen LogP contribution in [0.2, 0.25) is 0 Å². The van der Waals surface area contributed by atoms with Crippen molar-refractivity contribution >= 4 is 21.7 Å². The van der Waals surface area contributed by atoms with E-state index in [4.69, 9.17) is 0 Å². The highest BCUT2D eigenvalue weighted by Crippen LogP contribution is 2.38. The van der Waals surface area contributed by atoms with E-state index in [0.717, 1.165) is 69.9 Å². The predicted octanol–water partition coefficient (Wildman–Crippen LogP) is 4.09. The Morgan fingerprint density at radius 2 is 1.58 bits per heavy atom. The number of carbonyl (C=O) groups is 1. The highest BCUT2D eigenvalue weighted by atomic mass is 32.2. The Kier molecular flexibility index (Phi) is 6.22. The minimum atomic E-state index is -3.58. The van der Waals surface area contributed by atoms with E-state index in [0.29, 0.717) is 6.42 Å². The van der Waals surface area contributed by atoms with E-state index in [1.165, 1.54) is 22.3 Å². The minimum Gasteiger partial charge on any atom is -0.307 e. The van der Waals surface area contributed by atoms with Crippen molar-refractivity contribution < 1.29 is 13.2 Å². The number of hydrogen-bond donors (Lipinski definition) is 2. The number of aryl methyl sites for hydroxylation is 2. The number of benzene rings is 1. The van der Waals surface area contributed by atoms with Crippen LogP contribution in [0.1, 0.15) is 74.1 Å². The molecule has 0 saturated heterocycles. The van der Waals surface area contributed by atoms with Gasteiger partial charge in [0.25, 0.3) is 0 Å². The third-order valence-electron chi connectivity index (χ3n) is 5.48. The Labute approximate surface area is 157 Å². The van der Waals surface area contributed by atoms with Crippen molar-refractivity contribution in [2.45, 2.75) is 77.6 Å². The van der Waals surface area contributed by atoms with Gasteiger partial charge in [-0.25, -0.2) is 17.9 Å². The number of sulfonamides is 1. The summed E-state index contributed by atoms with van der Waals surface area (Å²) in [5, 5.41) is 2.88. The Morgan fingerprint density at radius 1 is 0.962 bits per heavy atom. The van der Waals surface area contributed by atoms with Gasteiger partial charge in [0.15, 0.2) is 0 Å². The number of hydrogen-bond acceptors (Lipinski definition) is 3. The van der Waals surface area contributed by atoms with Gasteiger partial charge in [0, 0.05) is 5.69 Å². The maximum Gasteiger partial charge on any atom is 0.332 e. The van der Waals surface area contributed by atoms with Gasteiger partial charge in [-0.2, -0.15) is 0 Å². The van der Waals surface area contributed by atoms with Crippen LogP contribution < -0.4 is 10.0 Å². The molecule has 0 heterocycles. The molecule has 0 aliphatic heterocycles. The number of nitrogens with one attached hydrogen (secondary N) is 2. The van der Waals surface area contributed by atoms with Gasteiger partial charge in [0.05, 0.1) is 5.75 Å². The Balaban J connectivity index is 1.62. The third kappa shape index (κ3) is 4.58. The van der Waals surface area contributed by atoms with Crippen LogP contribution in [0, 0.1) is 0 Å². The molecule has 26 heavy (non-hydrogen) atoms. The molecule has 1 aromatic rings. The van der Waals surface area contributed by atoms with Crippen LogP contribution in [-0.4, -0.2) is 20.2 Å². The monoisotopic (exact) mass is 378 g/mol. The number of carbonyl (C=O) groups excluding carboxylic acids is 1. The number of amides is 2. The summed E-state index contributed by atoms with van der Waals surface area (Å²) in [6.07, 6.45) is 11.0. The summed E-state index contributed by atoms with van der Waals surface area (Å²) in [5.74, 6) is 0.00907. The number of urea groups is 1. The molecule has 5 nitrogen and oxygen atoms in total. The summed E-state index contributed by atoms with van der Waals surface area (Å²) >= 11 is 0. The molecule has 3 rings (SSSR count). The molecule has 0 atom stereocenters. The Hall–Kier alpha value is -1.56. The van der Waals surface area contributed by atoms with Crippen LogP contribution in [0.3, 0.4) is 0 Å². The lowest BCUT2D eigenvalue weighted by atomic mass is 9.99. The van der Waals surface area contributed by atoms with Crippen LogP contribution in [0.4, 0.5) is 10.5 Å². The maximum atomic E-state index is 12.4. The molecule has 0 spiro atoms. The van der Waals surface area contributed by atoms with Gasteiger partial charge in [0.2, 0.25) is 10.0 Å². The largest absolute Gasteiger partial charge is 0.332 e. The van der Waals surface area contributed by atoms with E-state index in [2.05, 4.69) is 23.0 Å². The third-order valence-corrected chi connectivity index (χ3v) is 6.80. The van der Waals surface area contributed by atoms with Crippen molar-refractivity contribution in [2.75, 3.05) is 11.1 Å². The van der Waals surface area contributed by atoms with Crippen molar-refractivity contribution in [1.29, 1.82) is 0 Å². The second kappa shape index (κ2) is 8.42. The van der Waals surface area contributed by atoms with Crippen LogP contribution in [0.15, 0.2) is 6.07 Å². The Morgan fingerprint density at radius 3 is 2.19 bits per heavy atom. The second-order valence-electron chi connectivity index (χ2n) is 7.52. The standard InChI is InChI=1S/C20H30N2O3S/c1-2-3-4-5-6-13-26(24,25)22-20(23)21-19-17-11-7-9-15(17)14-16-10-8-12-18(16)19/h14H,2-13H2,1H3,(H2,21,22,23). The van der Waals surface area contributed by atoms with Gasteiger partial charge in [0.1, 0.15) is 0 Å². The first-order valence-corrected chi connectivity index (χ1v) is 11.6. The summed E-state index contributed by atoms with van der Waals surface area (Å²) in [6.45, 7) is 2.12. The second-order valence-corrected chi connectivity index (χ2v) is 9.37. The van der Waals surface area contributed by atoms with Crippen molar-refractivity contribution in [2.24, 2.45) is 0 Å². The van der Waals surface area contributed by atoms with Crippen molar-refractivity contribution in [1.82, 2.24) is 4.72 Å². The smallest absolute Gasteiger partial charge is 0.307 e. The molecule has 0 saturated carbocycles. The van der Waals surface area contributed by atoms with Gasteiger partial charge in [-0.3, -0.25) is 0 Å². The average molecular weight is 379 g/mol. The summed E-state index contributed by atoms with van der Waals surface area (Å²) in [6, 6.07) is 1.67. The maximum absolute atomic E-state index is 12.4. The van der Waals surface area contributed by atoms with Gasteiger partial charge in [-0.15, -0.1) is 0 Å². The van der Waals surface area contributed by atoms with Crippen LogP contribution in [0.5, 0.6) is 0 Å². The highest BCUT2D eigenvalue weighted by Gasteiger charge is 2.25. The van der Waals surface area contributed by atoms with Crippen molar-refractivity contribution in [3.8, 4) is 0 Å².